The number of H-pyrrole nitrogens is 1. The Morgan fingerprint density at radius 1 is 1.05 bits per heavy atom. The zero-order valence-electron chi connectivity index (χ0n) is 11.4. The fourth-order valence-corrected chi connectivity index (χ4v) is 1.71. The Balaban J connectivity index is 2.53. The normalized spacial score (nSPS) is 10.0. The first kappa shape index (κ1) is 14.4. The summed E-state index contributed by atoms with van der Waals surface area (Å²) in [5.41, 5.74) is 0.144. The molecule has 1 aromatic heterocycles. The van der Waals surface area contributed by atoms with Crippen molar-refractivity contribution in [2.75, 3.05) is 14.2 Å². The largest absolute Gasteiger partial charge is 0.464 e. The third-order valence-electron chi connectivity index (χ3n) is 2.73. The fraction of sp³-hybridized carbons (Fsp3) is 0.143. The Morgan fingerprint density at radius 3 is 2.29 bits per heavy atom. The van der Waals surface area contributed by atoms with Crippen LogP contribution >= 0.6 is 0 Å². The van der Waals surface area contributed by atoms with Crippen molar-refractivity contribution in [1.29, 1.82) is 0 Å². The summed E-state index contributed by atoms with van der Waals surface area (Å²) in [5.74, 6) is -2.64. The number of nitrogens with zero attached hydrogens (tertiary/aromatic N) is 1. The van der Waals surface area contributed by atoms with Crippen molar-refractivity contribution in [3.05, 3.63) is 41.7 Å². The molecule has 1 aromatic carbocycles. The predicted octanol–water partition coefficient (Wildman–Crippen LogP) is 1.22. The number of nitrogens with one attached hydrogen (secondary N) is 1. The van der Waals surface area contributed by atoms with Crippen LogP contribution in [0.1, 0.15) is 21.0 Å². The van der Waals surface area contributed by atoms with E-state index in [1.165, 1.54) is 0 Å². The lowest BCUT2D eigenvalue weighted by Crippen LogP contribution is -2.19. The van der Waals surface area contributed by atoms with Crippen LogP contribution in [0.15, 0.2) is 30.3 Å². The highest BCUT2D eigenvalue weighted by Crippen LogP contribution is 2.19. The number of benzene rings is 1. The highest BCUT2D eigenvalue weighted by molar-refractivity contribution is 6.41. The van der Waals surface area contributed by atoms with E-state index in [4.69, 9.17) is 0 Å². The topological polar surface area (TPSA) is 98.4 Å². The minimum atomic E-state index is -1.11. The molecule has 2 rings (SSSR count). The molecule has 2 aromatic rings. The summed E-state index contributed by atoms with van der Waals surface area (Å²) < 4.78 is 8.93. The number of hydrogen-bond donors (Lipinski definition) is 1. The maximum Gasteiger partial charge on any atom is 0.381 e. The van der Waals surface area contributed by atoms with Crippen LogP contribution in [0.2, 0.25) is 0 Å². The number of ether oxygens (including phenoxy) is 2. The Hall–Kier alpha value is -2.96. The van der Waals surface area contributed by atoms with Crippen LogP contribution in [0.3, 0.4) is 0 Å². The highest BCUT2D eigenvalue weighted by Gasteiger charge is 2.28. The molecule has 108 valence electrons. The van der Waals surface area contributed by atoms with Gasteiger partial charge in [-0.25, -0.2) is 14.6 Å². The van der Waals surface area contributed by atoms with Gasteiger partial charge < -0.3 is 14.5 Å². The Morgan fingerprint density at radius 2 is 1.71 bits per heavy atom. The summed E-state index contributed by atoms with van der Waals surface area (Å²) in [7, 11) is 2.24. The minimum absolute atomic E-state index is 0.188. The number of Topliss-reactive ketones (excluding diaryl/α,β-unsaturated/α-hetero) is 1. The van der Waals surface area contributed by atoms with E-state index >= 15 is 0 Å². The molecule has 0 bridgehead atoms. The highest BCUT2D eigenvalue weighted by atomic mass is 16.5. The predicted molar refractivity (Wildman–Crippen MR) is 71.7 cm³/mol. The number of imidazole rings is 1. The molecular formula is C14H12N2O5. The number of aromatic nitrogens is 2. The van der Waals surface area contributed by atoms with Gasteiger partial charge in [-0.3, -0.25) is 4.79 Å². The van der Waals surface area contributed by atoms with E-state index in [1.807, 2.05) is 6.07 Å². The van der Waals surface area contributed by atoms with Gasteiger partial charge in [-0.15, -0.1) is 0 Å². The van der Waals surface area contributed by atoms with Crippen molar-refractivity contribution < 1.29 is 23.9 Å². The van der Waals surface area contributed by atoms with Gasteiger partial charge in [0, 0.05) is 5.56 Å². The van der Waals surface area contributed by atoms with Gasteiger partial charge >= 0.3 is 11.9 Å². The van der Waals surface area contributed by atoms with E-state index in [2.05, 4.69) is 19.4 Å². The molecule has 0 saturated heterocycles. The molecule has 1 N–H and O–H groups in total. The molecule has 0 radical (unpaired) electrons. The van der Waals surface area contributed by atoms with Crippen molar-refractivity contribution >= 4 is 17.7 Å². The third kappa shape index (κ3) is 2.81. The smallest absolute Gasteiger partial charge is 0.381 e. The van der Waals surface area contributed by atoms with Gasteiger partial charge in [-0.1, -0.05) is 30.3 Å². The van der Waals surface area contributed by atoms with Gasteiger partial charge in [0.25, 0.3) is 5.78 Å². The molecule has 0 fully saturated rings. The van der Waals surface area contributed by atoms with Crippen LogP contribution in [-0.4, -0.2) is 41.9 Å². The minimum Gasteiger partial charge on any atom is -0.464 e. The molecule has 0 saturated carbocycles. The van der Waals surface area contributed by atoms with E-state index in [1.54, 1.807) is 24.3 Å². The number of carbonyl (C=O) groups is 3. The standard InChI is InChI=1S/C14H12N2O5/c1-20-13(18)10-9(11(17)14(19)21-2)15-12(16-10)8-6-4-3-5-7-8/h3-7H,1-2H3,(H,15,16). The summed E-state index contributed by atoms with van der Waals surface area (Å²) in [6, 6.07) is 8.85. The van der Waals surface area contributed by atoms with Crippen molar-refractivity contribution in [3.8, 4) is 11.4 Å². The molecule has 0 aliphatic carbocycles. The first-order chi connectivity index (χ1) is 10.1. The van der Waals surface area contributed by atoms with Gasteiger partial charge in [-0.2, -0.15) is 0 Å². The van der Waals surface area contributed by atoms with E-state index in [0.29, 0.717) is 5.56 Å². The average Bonchev–Trinajstić information content (AvgIpc) is 2.98. The molecule has 0 aliphatic heterocycles. The maximum atomic E-state index is 11.9. The van der Waals surface area contributed by atoms with Crippen LogP contribution in [0.5, 0.6) is 0 Å². The van der Waals surface area contributed by atoms with Crippen LogP contribution in [0, 0.1) is 0 Å². The molecule has 7 heteroatoms. The molecule has 7 nitrogen and oxygen atoms in total. The Bertz CT molecular complexity index is 691. The van der Waals surface area contributed by atoms with Gasteiger partial charge in [0.15, 0.2) is 11.4 Å². The van der Waals surface area contributed by atoms with E-state index in [0.717, 1.165) is 14.2 Å². The van der Waals surface area contributed by atoms with Gasteiger partial charge in [-0.05, 0) is 0 Å². The number of ketones is 1. The van der Waals surface area contributed by atoms with Gasteiger partial charge in [0.05, 0.1) is 14.2 Å². The third-order valence-corrected chi connectivity index (χ3v) is 2.73. The lowest BCUT2D eigenvalue weighted by molar-refractivity contribution is -0.135. The molecule has 0 unspecified atom stereocenters. The van der Waals surface area contributed by atoms with Crippen LogP contribution in [0.4, 0.5) is 0 Å². The summed E-state index contributed by atoms with van der Waals surface area (Å²) in [4.78, 5) is 41.6. The van der Waals surface area contributed by atoms with Crippen molar-refractivity contribution in [1.82, 2.24) is 9.97 Å². The first-order valence-corrected chi connectivity index (χ1v) is 5.95. The quantitative estimate of drug-likeness (QED) is 0.516. The lowest BCUT2D eigenvalue weighted by Gasteiger charge is -1.98. The van der Waals surface area contributed by atoms with Gasteiger partial charge in [0.1, 0.15) is 5.82 Å². The van der Waals surface area contributed by atoms with Gasteiger partial charge in [0.2, 0.25) is 0 Å². The fourth-order valence-electron chi connectivity index (χ4n) is 1.71. The van der Waals surface area contributed by atoms with Crippen molar-refractivity contribution in [2.45, 2.75) is 0 Å². The van der Waals surface area contributed by atoms with Crippen LogP contribution in [-0.2, 0) is 14.3 Å². The second-order valence-electron chi connectivity index (χ2n) is 3.99. The zero-order chi connectivity index (χ0) is 15.4. The number of carbonyl (C=O) groups excluding carboxylic acids is 3. The molecule has 0 aliphatic rings. The monoisotopic (exact) mass is 288 g/mol. The Kier molecular flexibility index (Phi) is 4.13. The summed E-state index contributed by atoms with van der Waals surface area (Å²) in [6.07, 6.45) is 0. The van der Waals surface area contributed by atoms with Crippen molar-refractivity contribution in [3.63, 3.8) is 0 Å². The number of esters is 2. The molecule has 0 atom stereocenters. The summed E-state index contributed by atoms with van der Waals surface area (Å²) in [5, 5.41) is 0. The SMILES string of the molecule is COC(=O)C(=O)c1nc(-c2ccccc2)[nH]c1C(=O)OC. The Labute approximate surface area is 119 Å². The average molecular weight is 288 g/mol. The van der Waals surface area contributed by atoms with Crippen molar-refractivity contribution in [2.24, 2.45) is 0 Å². The summed E-state index contributed by atoms with van der Waals surface area (Å²) >= 11 is 0. The maximum absolute atomic E-state index is 11.9. The number of aromatic amines is 1. The van der Waals surface area contributed by atoms with Crippen LogP contribution < -0.4 is 0 Å². The number of rotatable bonds is 4. The number of methoxy groups -OCH3 is 2. The van der Waals surface area contributed by atoms with E-state index < -0.39 is 17.7 Å². The zero-order valence-corrected chi connectivity index (χ0v) is 11.4. The lowest BCUT2D eigenvalue weighted by atomic mass is 10.2. The molecule has 0 amide bonds. The first-order valence-electron chi connectivity index (χ1n) is 5.95. The van der Waals surface area contributed by atoms with Crippen LogP contribution in [0.25, 0.3) is 11.4 Å². The molecule has 0 spiro atoms. The van der Waals surface area contributed by atoms with E-state index in [-0.39, 0.29) is 17.2 Å². The van der Waals surface area contributed by atoms with E-state index in [9.17, 15) is 14.4 Å². The molecule has 1 heterocycles. The summed E-state index contributed by atoms with van der Waals surface area (Å²) in [6.45, 7) is 0. The molecular weight excluding hydrogens is 276 g/mol. The second-order valence-corrected chi connectivity index (χ2v) is 3.99. The number of hydrogen-bond acceptors (Lipinski definition) is 6. The second kappa shape index (κ2) is 6.00. The molecule has 21 heavy (non-hydrogen) atoms.